The smallest absolute Gasteiger partial charge is 0.139 e. The van der Waals surface area contributed by atoms with Gasteiger partial charge in [0.05, 0.1) is 21.8 Å². The van der Waals surface area contributed by atoms with Crippen LogP contribution in [0, 0.1) is 5.82 Å². The summed E-state index contributed by atoms with van der Waals surface area (Å²) in [6.07, 6.45) is 3.09. The highest BCUT2D eigenvalue weighted by atomic mass is 32.2. The van der Waals surface area contributed by atoms with Crippen LogP contribution in [-0.2, 0) is 15.5 Å². The monoisotopic (exact) mass is 242 g/mol. The summed E-state index contributed by atoms with van der Waals surface area (Å²) in [5.74, 6) is 0.0965. The van der Waals surface area contributed by atoms with E-state index < -0.39 is 10.8 Å². The Bertz CT molecular complexity index is 375. The largest absolute Gasteiger partial charge is 0.378 e. The molecular formula is C12H15FO2S. The third-order valence-electron chi connectivity index (χ3n) is 2.73. The molecule has 0 aliphatic carbocycles. The van der Waals surface area contributed by atoms with Crippen molar-refractivity contribution >= 4 is 10.8 Å². The fourth-order valence-electron chi connectivity index (χ4n) is 1.85. The zero-order chi connectivity index (χ0) is 11.4. The van der Waals surface area contributed by atoms with E-state index >= 15 is 0 Å². The SMILES string of the molecule is O=S(CCC1CCCO1)c1ccccc1F. The number of rotatable bonds is 4. The maximum atomic E-state index is 13.3. The van der Waals surface area contributed by atoms with Crippen LogP contribution in [-0.4, -0.2) is 22.7 Å². The molecule has 88 valence electrons. The molecule has 2 nitrogen and oxygen atoms in total. The molecular weight excluding hydrogens is 227 g/mol. The Morgan fingerprint density at radius 2 is 2.25 bits per heavy atom. The van der Waals surface area contributed by atoms with Gasteiger partial charge >= 0.3 is 0 Å². The highest BCUT2D eigenvalue weighted by Crippen LogP contribution is 2.18. The molecule has 1 aromatic rings. The van der Waals surface area contributed by atoms with Gasteiger partial charge < -0.3 is 4.74 Å². The minimum Gasteiger partial charge on any atom is -0.378 e. The molecule has 1 aliphatic rings. The molecule has 1 saturated heterocycles. The van der Waals surface area contributed by atoms with E-state index in [1.807, 2.05) is 0 Å². The van der Waals surface area contributed by atoms with Crippen LogP contribution in [0.3, 0.4) is 0 Å². The molecule has 0 spiro atoms. The van der Waals surface area contributed by atoms with Crippen LogP contribution < -0.4 is 0 Å². The zero-order valence-corrected chi connectivity index (χ0v) is 9.84. The molecule has 0 N–H and O–H groups in total. The fraction of sp³-hybridized carbons (Fsp3) is 0.500. The molecule has 1 fully saturated rings. The van der Waals surface area contributed by atoms with Gasteiger partial charge in [-0.3, -0.25) is 4.21 Å². The summed E-state index contributed by atoms with van der Waals surface area (Å²) in [4.78, 5) is 0.306. The molecule has 16 heavy (non-hydrogen) atoms. The summed E-state index contributed by atoms with van der Waals surface area (Å²) in [5, 5.41) is 0. The van der Waals surface area contributed by atoms with Gasteiger partial charge in [0.25, 0.3) is 0 Å². The second kappa shape index (κ2) is 5.55. The first-order valence-electron chi connectivity index (χ1n) is 5.52. The van der Waals surface area contributed by atoms with Crippen LogP contribution in [0.1, 0.15) is 19.3 Å². The lowest BCUT2D eigenvalue weighted by molar-refractivity contribution is 0.109. The quantitative estimate of drug-likeness (QED) is 0.811. The number of ether oxygens (including phenoxy) is 1. The van der Waals surface area contributed by atoms with Gasteiger partial charge in [-0.15, -0.1) is 0 Å². The Balaban J connectivity index is 1.90. The third kappa shape index (κ3) is 2.89. The van der Waals surface area contributed by atoms with Gasteiger partial charge in [0.2, 0.25) is 0 Å². The number of hydrogen-bond donors (Lipinski definition) is 0. The molecule has 0 saturated carbocycles. The molecule has 1 heterocycles. The van der Waals surface area contributed by atoms with Gasteiger partial charge in [0.1, 0.15) is 5.82 Å². The molecule has 4 heteroatoms. The predicted octanol–water partition coefficient (Wildman–Crippen LogP) is 2.50. The molecule has 2 rings (SSSR count). The Morgan fingerprint density at radius 1 is 1.44 bits per heavy atom. The summed E-state index contributed by atoms with van der Waals surface area (Å²) < 4.78 is 30.6. The van der Waals surface area contributed by atoms with E-state index in [1.54, 1.807) is 18.2 Å². The second-order valence-corrected chi connectivity index (χ2v) is 5.44. The maximum Gasteiger partial charge on any atom is 0.139 e. The summed E-state index contributed by atoms with van der Waals surface area (Å²) >= 11 is 0. The van der Waals surface area contributed by atoms with Crippen LogP contribution in [0.15, 0.2) is 29.2 Å². The predicted molar refractivity (Wildman–Crippen MR) is 61.3 cm³/mol. The molecule has 1 aliphatic heterocycles. The van der Waals surface area contributed by atoms with E-state index in [-0.39, 0.29) is 11.9 Å². The molecule has 0 aromatic heterocycles. The van der Waals surface area contributed by atoms with Crippen molar-refractivity contribution in [3.63, 3.8) is 0 Å². The van der Waals surface area contributed by atoms with Crippen molar-refractivity contribution < 1.29 is 13.3 Å². The van der Waals surface area contributed by atoms with Crippen molar-refractivity contribution in [2.24, 2.45) is 0 Å². The number of benzene rings is 1. The molecule has 1 aromatic carbocycles. The average molecular weight is 242 g/mol. The van der Waals surface area contributed by atoms with E-state index in [2.05, 4.69) is 0 Å². The van der Waals surface area contributed by atoms with Crippen LogP contribution in [0.2, 0.25) is 0 Å². The molecule has 2 unspecified atom stereocenters. The zero-order valence-electron chi connectivity index (χ0n) is 9.02. The van der Waals surface area contributed by atoms with Crippen LogP contribution in [0.25, 0.3) is 0 Å². The summed E-state index contributed by atoms with van der Waals surface area (Å²) in [6, 6.07) is 6.25. The van der Waals surface area contributed by atoms with Crippen molar-refractivity contribution in [2.75, 3.05) is 12.4 Å². The molecule has 0 radical (unpaired) electrons. The first-order chi connectivity index (χ1) is 7.77. The van der Waals surface area contributed by atoms with Gasteiger partial charge in [0.15, 0.2) is 0 Å². The van der Waals surface area contributed by atoms with Crippen molar-refractivity contribution in [1.29, 1.82) is 0 Å². The van der Waals surface area contributed by atoms with Gasteiger partial charge in [0, 0.05) is 12.4 Å². The van der Waals surface area contributed by atoms with Gasteiger partial charge in [-0.2, -0.15) is 0 Å². The highest BCUT2D eigenvalue weighted by molar-refractivity contribution is 7.85. The van der Waals surface area contributed by atoms with Crippen molar-refractivity contribution in [1.82, 2.24) is 0 Å². The lowest BCUT2D eigenvalue weighted by Gasteiger charge is -2.08. The average Bonchev–Trinajstić information content (AvgIpc) is 2.79. The van der Waals surface area contributed by atoms with E-state index in [1.165, 1.54) is 6.07 Å². The molecule has 0 bridgehead atoms. The van der Waals surface area contributed by atoms with Crippen molar-refractivity contribution in [3.8, 4) is 0 Å². The van der Waals surface area contributed by atoms with Gasteiger partial charge in [-0.1, -0.05) is 12.1 Å². The standard InChI is InChI=1S/C12H15FO2S/c13-11-5-1-2-6-12(11)16(14)9-7-10-4-3-8-15-10/h1-2,5-6,10H,3-4,7-9H2. The van der Waals surface area contributed by atoms with Gasteiger partial charge in [-0.05, 0) is 31.4 Å². The van der Waals surface area contributed by atoms with E-state index in [4.69, 9.17) is 4.74 Å². The normalized spacial score (nSPS) is 22.2. The van der Waals surface area contributed by atoms with E-state index in [9.17, 15) is 8.60 Å². The van der Waals surface area contributed by atoms with Crippen LogP contribution >= 0.6 is 0 Å². The van der Waals surface area contributed by atoms with E-state index in [0.29, 0.717) is 10.6 Å². The van der Waals surface area contributed by atoms with Crippen molar-refractivity contribution in [3.05, 3.63) is 30.1 Å². The van der Waals surface area contributed by atoms with Crippen molar-refractivity contribution in [2.45, 2.75) is 30.3 Å². The molecule has 2 atom stereocenters. The third-order valence-corrected chi connectivity index (χ3v) is 4.16. The Labute approximate surface area is 97.3 Å². The Hall–Kier alpha value is -0.740. The van der Waals surface area contributed by atoms with Crippen LogP contribution in [0.4, 0.5) is 4.39 Å². The number of halogens is 1. The van der Waals surface area contributed by atoms with E-state index in [0.717, 1.165) is 25.9 Å². The molecule has 0 amide bonds. The minimum atomic E-state index is -1.25. The lowest BCUT2D eigenvalue weighted by atomic mass is 10.2. The number of hydrogen-bond acceptors (Lipinski definition) is 2. The highest BCUT2D eigenvalue weighted by Gasteiger charge is 2.17. The second-order valence-electron chi connectivity index (χ2n) is 3.90. The summed E-state index contributed by atoms with van der Waals surface area (Å²) in [7, 11) is -1.25. The summed E-state index contributed by atoms with van der Waals surface area (Å²) in [6.45, 7) is 0.803. The topological polar surface area (TPSA) is 26.3 Å². The fourth-order valence-corrected chi connectivity index (χ4v) is 3.06. The van der Waals surface area contributed by atoms with Gasteiger partial charge in [-0.25, -0.2) is 4.39 Å². The Kier molecular flexibility index (Phi) is 4.07. The van der Waals surface area contributed by atoms with Crippen LogP contribution in [0.5, 0.6) is 0 Å². The maximum absolute atomic E-state index is 13.3. The lowest BCUT2D eigenvalue weighted by Crippen LogP contribution is -2.11. The Morgan fingerprint density at radius 3 is 2.94 bits per heavy atom. The minimum absolute atomic E-state index is 0.218. The summed E-state index contributed by atoms with van der Waals surface area (Å²) in [5.41, 5.74) is 0. The first-order valence-corrected chi connectivity index (χ1v) is 6.84. The first kappa shape index (κ1) is 11.7.